The first kappa shape index (κ1) is 19.4. The maximum Gasteiger partial charge on any atom is 0.236 e. The lowest BCUT2D eigenvalue weighted by molar-refractivity contribution is -0.134. The smallest absolute Gasteiger partial charge is 0.236 e. The number of anilines is 1. The normalized spacial score (nSPS) is 22.2. The average Bonchev–Trinajstić information content (AvgIpc) is 2.68. The number of amides is 1. The Bertz CT molecular complexity index is 685. The largest absolute Gasteiger partial charge is 0.369 e. The van der Waals surface area contributed by atoms with Gasteiger partial charge < -0.3 is 9.80 Å². The van der Waals surface area contributed by atoms with Crippen LogP contribution >= 0.6 is 0 Å². The molecule has 152 valence electrons. The summed E-state index contributed by atoms with van der Waals surface area (Å²) < 4.78 is 0. The van der Waals surface area contributed by atoms with Crippen LogP contribution in [0.5, 0.6) is 0 Å². The monoisotopic (exact) mass is 384 g/mol. The molecule has 2 saturated heterocycles. The molecule has 6 heteroatoms. The fourth-order valence-corrected chi connectivity index (χ4v) is 4.45. The first-order valence-electron chi connectivity index (χ1n) is 10.7. The molecule has 6 nitrogen and oxygen atoms in total. The van der Waals surface area contributed by atoms with Crippen LogP contribution in [0.2, 0.25) is 0 Å². The van der Waals surface area contributed by atoms with E-state index in [1.165, 1.54) is 19.3 Å². The predicted octanol–water partition coefficient (Wildman–Crippen LogP) is 1.71. The summed E-state index contributed by atoms with van der Waals surface area (Å²) >= 11 is 0. The van der Waals surface area contributed by atoms with Gasteiger partial charge in [0.1, 0.15) is 0 Å². The molecule has 2 heterocycles. The van der Waals surface area contributed by atoms with Gasteiger partial charge in [0.05, 0.1) is 6.54 Å². The third-order valence-corrected chi connectivity index (χ3v) is 6.63. The van der Waals surface area contributed by atoms with Gasteiger partial charge >= 0.3 is 0 Å². The van der Waals surface area contributed by atoms with Crippen LogP contribution in [-0.4, -0.2) is 91.3 Å². The number of hydrogen-bond acceptors (Lipinski definition) is 5. The maximum atomic E-state index is 12.7. The van der Waals surface area contributed by atoms with E-state index in [1.807, 2.05) is 24.3 Å². The van der Waals surface area contributed by atoms with Gasteiger partial charge in [0.15, 0.2) is 5.78 Å². The van der Waals surface area contributed by atoms with E-state index in [0.717, 1.165) is 69.7 Å². The molecule has 3 fully saturated rings. The number of nitrogens with zero attached hydrogens (tertiary/aromatic N) is 4. The van der Waals surface area contributed by atoms with Crippen molar-refractivity contribution in [2.45, 2.75) is 32.2 Å². The Balaban J connectivity index is 1.21. The van der Waals surface area contributed by atoms with Crippen molar-refractivity contribution < 1.29 is 9.59 Å². The highest BCUT2D eigenvalue weighted by Crippen LogP contribution is 2.25. The number of Topliss-reactive ketones (excluding diaryl/α,β-unsaturated/α-hetero) is 1. The van der Waals surface area contributed by atoms with Gasteiger partial charge in [-0.15, -0.1) is 0 Å². The van der Waals surface area contributed by atoms with Crippen molar-refractivity contribution in [1.82, 2.24) is 14.7 Å². The summed E-state index contributed by atoms with van der Waals surface area (Å²) in [6, 6.07) is 8.64. The SMILES string of the molecule is CC(=O)c1ccc(N2CCN(CC(=O)N3CCN(C4CCC4)CC3)CC2)cc1. The molecule has 3 aliphatic rings. The van der Waals surface area contributed by atoms with Crippen LogP contribution in [0.3, 0.4) is 0 Å². The van der Waals surface area contributed by atoms with Crippen molar-refractivity contribution in [1.29, 1.82) is 0 Å². The molecule has 28 heavy (non-hydrogen) atoms. The molecule has 2 aliphatic heterocycles. The highest BCUT2D eigenvalue weighted by Gasteiger charge is 2.30. The molecular formula is C22H32N4O2. The molecule has 1 saturated carbocycles. The highest BCUT2D eigenvalue weighted by molar-refractivity contribution is 5.94. The van der Waals surface area contributed by atoms with Gasteiger partial charge in [-0.3, -0.25) is 19.4 Å². The first-order valence-corrected chi connectivity index (χ1v) is 10.7. The second-order valence-electron chi connectivity index (χ2n) is 8.37. The van der Waals surface area contributed by atoms with Gasteiger partial charge in [-0.2, -0.15) is 0 Å². The Hall–Kier alpha value is -1.92. The molecular weight excluding hydrogens is 352 g/mol. The van der Waals surface area contributed by atoms with Gasteiger partial charge in [0.2, 0.25) is 5.91 Å². The van der Waals surface area contributed by atoms with Crippen molar-refractivity contribution >= 4 is 17.4 Å². The Morgan fingerprint density at radius 3 is 2.07 bits per heavy atom. The van der Waals surface area contributed by atoms with Crippen LogP contribution in [-0.2, 0) is 4.79 Å². The van der Waals surface area contributed by atoms with E-state index < -0.39 is 0 Å². The topological polar surface area (TPSA) is 47.1 Å². The molecule has 1 aromatic rings. The summed E-state index contributed by atoms with van der Waals surface area (Å²) in [4.78, 5) is 33.4. The van der Waals surface area contributed by atoms with Crippen LogP contribution in [0.4, 0.5) is 5.69 Å². The summed E-state index contributed by atoms with van der Waals surface area (Å²) in [5.41, 5.74) is 1.91. The van der Waals surface area contributed by atoms with Crippen LogP contribution in [0.1, 0.15) is 36.5 Å². The van der Waals surface area contributed by atoms with Crippen LogP contribution in [0, 0.1) is 0 Å². The van der Waals surface area contributed by atoms with E-state index >= 15 is 0 Å². The van der Waals surface area contributed by atoms with E-state index in [9.17, 15) is 9.59 Å². The minimum Gasteiger partial charge on any atom is -0.369 e. The molecule has 1 amide bonds. The fraction of sp³-hybridized carbons (Fsp3) is 0.636. The highest BCUT2D eigenvalue weighted by atomic mass is 16.2. The minimum atomic E-state index is 0.100. The lowest BCUT2D eigenvalue weighted by atomic mass is 9.91. The molecule has 0 unspecified atom stereocenters. The number of carbonyl (C=O) groups is 2. The summed E-state index contributed by atoms with van der Waals surface area (Å²) in [6.45, 7) is 9.64. The van der Waals surface area contributed by atoms with Crippen molar-refractivity contribution in [3.63, 3.8) is 0 Å². The van der Waals surface area contributed by atoms with Crippen molar-refractivity contribution in [2.24, 2.45) is 0 Å². The molecule has 0 atom stereocenters. The quantitative estimate of drug-likeness (QED) is 0.724. The summed E-state index contributed by atoms with van der Waals surface area (Å²) in [5.74, 6) is 0.385. The van der Waals surface area contributed by atoms with Gasteiger partial charge in [-0.25, -0.2) is 0 Å². The van der Waals surface area contributed by atoms with Crippen LogP contribution < -0.4 is 4.90 Å². The Labute approximate surface area is 168 Å². The molecule has 0 radical (unpaired) electrons. The summed E-state index contributed by atoms with van der Waals surface area (Å²) in [6.07, 6.45) is 4.06. The lowest BCUT2D eigenvalue weighted by Crippen LogP contribution is -2.56. The summed E-state index contributed by atoms with van der Waals surface area (Å²) in [5, 5.41) is 0. The van der Waals surface area contributed by atoms with Gasteiger partial charge in [-0.1, -0.05) is 6.42 Å². The molecule has 0 bridgehead atoms. The third-order valence-electron chi connectivity index (χ3n) is 6.63. The number of ketones is 1. The Morgan fingerprint density at radius 2 is 1.54 bits per heavy atom. The van der Waals surface area contributed by atoms with E-state index in [2.05, 4.69) is 19.6 Å². The Morgan fingerprint density at radius 1 is 0.893 bits per heavy atom. The second kappa shape index (κ2) is 8.62. The number of carbonyl (C=O) groups excluding carboxylic acids is 2. The zero-order chi connectivity index (χ0) is 19.5. The number of piperazine rings is 2. The molecule has 0 spiro atoms. The molecule has 4 rings (SSSR count). The van der Waals surface area contributed by atoms with Crippen LogP contribution in [0.15, 0.2) is 24.3 Å². The van der Waals surface area contributed by atoms with Crippen molar-refractivity contribution in [3.05, 3.63) is 29.8 Å². The average molecular weight is 385 g/mol. The van der Waals surface area contributed by atoms with E-state index in [4.69, 9.17) is 0 Å². The zero-order valence-electron chi connectivity index (χ0n) is 17.0. The van der Waals surface area contributed by atoms with Crippen LogP contribution in [0.25, 0.3) is 0 Å². The fourth-order valence-electron chi connectivity index (χ4n) is 4.45. The van der Waals surface area contributed by atoms with E-state index in [0.29, 0.717) is 6.54 Å². The van der Waals surface area contributed by atoms with Gasteiger partial charge in [-0.05, 0) is 44.0 Å². The van der Waals surface area contributed by atoms with Gasteiger partial charge in [0.25, 0.3) is 0 Å². The Kier molecular flexibility index (Phi) is 5.97. The minimum absolute atomic E-state index is 0.100. The molecule has 0 aromatic heterocycles. The standard InChI is InChI=1S/C22H32N4O2/c1-18(27)19-5-7-21(8-6-19)24-11-9-23(10-12-24)17-22(28)26-15-13-25(14-16-26)20-3-2-4-20/h5-8,20H,2-4,9-17H2,1H3. The molecule has 1 aromatic carbocycles. The molecule has 1 aliphatic carbocycles. The second-order valence-corrected chi connectivity index (χ2v) is 8.37. The van der Waals surface area contributed by atoms with E-state index in [-0.39, 0.29) is 11.7 Å². The number of hydrogen-bond donors (Lipinski definition) is 0. The zero-order valence-corrected chi connectivity index (χ0v) is 17.0. The number of benzene rings is 1. The van der Waals surface area contributed by atoms with Crippen molar-refractivity contribution in [3.8, 4) is 0 Å². The van der Waals surface area contributed by atoms with E-state index in [1.54, 1.807) is 6.92 Å². The third kappa shape index (κ3) is 4.39. The van der Waals surface area contributed by atoms with Crippen molar-refractivity contribution in [2.75, 3.05) is 63.8 Å². The maximum absolute atomic E-state index is 12.7. The van der Waals surface area contributed by atoms with Gasteiger partial charge in [0, 0.05) is 69.7 Å². The lowest BCUT2D eigenvalue weighted by Gasteiger charge is -2.43. The molecule has 0 N–H and O–H groups in total. The predicted molar refractivity (Wildman–Crippen MR) is 111 cm³/mol. The first-order chi connectivity index (χ1) is 13.6. The number of rotatable bonds is 5. The summed E-state index contributed by atoms with van der Waals surface area (Å²) in [7, 11) is 0.